The van der Waals surface area contributed by atoms with Crippen LogP contribution in [0.4, 0.5) is 21.8 Å². The zero-order valence-corrected chi connectivity index (χ0v) is 12.9. The summed E-state index contributed by atoms with van der Waals surface area (Å²) in [6, 6.07) is 6.40. The van der Waals surface area contributed by atoms with Crippen LogP contribution in [0.25, 0.3) is 0 Å². The van der Waals surface area contributed by atoms with Gasteiger partial charge in [0.2, 0.25) is 5.95 Å². The van der Waals surface area contributed by atoms with Gasteiger partial charge in [0.05, 0.1) is 11.9 Å². The first-order chi connectivity index (χ1) is 11.3. The number of benzene rings is 1. The van der Waals surface area contributed by atoms with Gasteiger partial charge in [0, 0.05) is 6.54 Å². The molecule has 0 saturated carbocycles. The van der Waals surface area contributed by atoms with Crippen molar-refractivity contribution in [2.45, 2.75) is 32.1 Å². The summed E-state index contributed by atoms with van der Waals surface area (Å²) in [6.45, 7) is 0.809. The lowest BCUT2D eigenvalue weighted by atomic mass is 9.97. The third-order valence-corrected chi connectivity index (χ3v) is 3.82. The van der Waals surface area contributed by atoms with Gasteiger partial charge in [0.25, 0.3) is 0 Å². The minimum Gasteiger partial charge on any atom is -0.368 e. The van der Waals surface area contributed by atoms with E-state index in [-0.39, 0.29) is 11.8 Å². The van der Waals surface area contributed by atoms with Crippen LogP contribution in [-0.4, -0.2) is 21.7 Å². The van der Waals surface area contributed by atoms with Gasteiger partial charge in [-0.1, -0.05) is 23.8 Å². The summed E-state index contributed by atoms with van der Waals surface area (Å²) in [7, 11) is 0. The first-order valence-corrected chi connectivity index (χ1v) is 7.94. The maximum Gasteiger partial charge on any atom is 0.249 e. The first kappa shape index (κ1) is 15.4. The van der Waals surface area contributed by atoms with Crippen LogP contribution in [-0.2, 0) is 0 Å². The molecule has 6 heteroatoms. The molecule has 0 atom stereocenters. The number of rotatable bonds is 6. The number of aromatic nitrogens is 3. The lowest BCUT2D eigenvalue weighted by molar-refractivity contribution is 0.631. The molecular formula is C17H20FN5. The monoisotopic (exact) mass is 313 g/mol. The van der Waals surface area contributed by atoms with E-state index < -0.39 is 0 Å². The molecule has 0 spiro atoms. The number of halogens is 1. The Morgan fingerprint density at radius 3 is 2.91 bits per heavy atom. The van der Waals surface area contributed by atoms with Crippen LogP contribution in [0.1, 0.15) is 32.1 Å². The lowest BCUT2D eigenvalue weighted by Crippen LogP contribution is -2.08. The van der Waals surface area contributed by atoms with Gasteiger partial charge in [0.15, 0.2) is 5.82 Å². The van der Waals surface area contributed by atoms with Crippen LogP contribution in [0, 0.1) is 5.82 Å². The molecule has 0 fully saturated rings. The Kier molecular flexibility index (Phi) is 5.13. The minimum atomic E-state index is -0.348. The zero-order chi connectivity index (χ0) is 15.9. The number of nitrogens with one attached hydrogen (secondary N) is 2. The number of hydrogen-bond acceptors (Lipinski definition) is 5. The highest BCUT2D eigenvalue weighted by Gasteiger charge is 2.06. The Morgan fingerprint density at radius 1 is 1.17 bits per heavy atom. The summed E-state index contributed by atoms with van der Waals surface area (Å²) in [4.78, 5) is 4.31. The van der Waals surface area contributed by atoms with Crippen molar-refractivity contribution in [1.29, 1.82) is 0 Å². The summed E-state index contributed by atoms with van der Waals surface area (Å²) in [5.74, 6) is 0.561. The fraction of sp³-hybridized carbons (Fsp3) is 0.353. The SMILES string of the molecule is Fc1ccccc1Nc1nncc(NCCC2=CCCCC2)n1. The van der Waals surface area contributed by atoms with E-state index in [1.54, 1.807) is 24.4 Å². The molecule has 0 amide bonds. The number of nitrogens with zero attached hydrogens (tertiary/aromatic N) is 3. The molecule has 2 aromatic rings. The molecule has 1 aromatic carbocycles. The number of anilines is 3. The standard InChI is InChI=1S/C17H20FN5/c18-14-8-4-5-9-15(14)21-17-22-16(12-20-23-17)19-11-10-13-6-2-1-3-7-13/h4-6,8-9,12H,1-3,7,10-11H2,(H2,19,21,22,23). The van der Waals surface area contributed by atoms with Crippen molar-refractivity contribution in [2.75, 3.05) is 17.2 Å². The second-order valence-electron chi connectivity index (χ2n) is 5.55. The Bertz CT molecular complexity index is 686. The summed E-state index contributed by atoms with van der Waals surface area (Å²) < 4.78 is 13.6. The fourth-order valence-electron chi connectivity index (χ4n) is 2.61. The lowest BCUT2D eigenvalue weighted by Gasteiger charge is -2.13. The van der Waals surface area contributed by atoms with E-state index >= 15 is 0 Å². The second-order valence-corrected chi connectivity index (χ2v) is 5.55. The summed E-state index contributed by atoms with van der Waals surface area (Å²) in [5.41, 5.74) is 1.84. The first-order valence-electron chi connectivity index (χ1n) is 7.94. The smallest absolute Gasteiger partial charge is 0.249 e. The molecule has 1 aromatic heterocycles. The van der Waals surface area contributed by atoms with Crippen molar-refractivity contribution in [3.63, 3.8) is 0 Å². The Balaban J connectivity index is 1.57. The van der Waals surface area contributed by atoms with Gasteiger partial charge < -0.3 is 10.6 Å². The molecule has 1 heterocycles. The highest BCUT2D eigenvalue weighted by Crippen LogP contribution is 2.20. The van der Waals surface area contributed by atoms with Crippen LogP contribution >= 0.6 is 0 Å². The van der Waals surface area contributed by atoms with Gasteiger partial charge in [-0.2, -0.15) is 10.1 Å². The van der Waals surface area contributed by atoms with E-state index in [1.807, 2.05) is 0 Å². The highest BCUT2D eigenvalue weighted by molar-refractivity contribution is 5.54. The molecule has 1 aliphatic carbocycles. The summed E-state index contributed by atoms with van der Waals surface area (Å²) in [5, 5.41) is 13.9. The molecule has 0 saturated heterocycles. The van der Waals surface area contributed by atoms with Crippen molar-refractivity contribution in [3.8, 4) is 0 Å². The van der Waals surface area contributed by atoms with Crippen LogP contribution in [0.3, 0.4) is 0 Å². The maximum atomic E-state index is 13.6. The maximum absolute atomic E-state index is 13.6. The largest absolute Gasteiger partial charge is 0.368 e. The van der Waals surface area contributed by atoms with Gasteiger partial charge in [-0.05, 0) is 44.2 Å². The van der Waals surface area contributed by atoms with Crippen LogP contribution in [0.15, 0.2) is 42.1 Å². The molecule has 1 aliphatic rings. The molecule has 0 radical (unpaired) electrons. The molecule has 0 aliphatic heterocycles. The van der Waals surface area contributed by atoms with Gasteiger partial charge in [-0.15, -0.1) is 5.10 Å². The topological polar surface area (TPSA) is 62.7 Å². The predicted molar refractivity (Wildman–Crippen MR) is 89.2 cm³/mol. The molecule has 3 rings (SSSR count). The van der Waals surface area contributed by atoms with Crippen molar-refractivity contribution in [3.05, 3.63) is 47.9 Å². The molecule has 5 nitrogen and oxygen atoms in total. The third kappa shape index (κ3) is 4.48. The zero-order valence-electron chi connectivity index (χ0n) is 12.9. The summed E-state index contributed by atoms with van der Waals surface area (Å²) >= 11 is 0. The number of hydrogen-bond donors (Lipinski definition) is 2. The van der Waals surface area contributed by atoms with Crippen molar-refractivity contribution in [2.24, 2.45) is 0 Å². The average Bonchev–Trinajstić information content (AvgIpc) is 2.58. The van der Waals surface area contributed by atoms with Crippen molar-refractivity contribution < 1.29 is 4.39 Å². The summed E-state index contributed by atoms with van der Waals surface area (Å²) in [6.07, 6.45) is 9.91. The minimum absolute atomic E-state index is 0.275. The van der Waals surface area contributed by atoms with Crippen LogP contribution in [0.2, 0.25) is 0 Å². The number of para-hydroxylation sites is 1. The van der Waals surface area contributed by atoms with E-state index in [9.17, 15) is 4.39 Å². The third-order valence-electron chi connectivity index (χ3n) is 3.82. The van der Waals surface area contributed by atoms with Crippen LogP contribution < -0.4 is 10.6 Å². The second kappa shape index (κ2) is 7.67. The Hall–Kier alpha value is -2.50. The van der Waals surface area contributed by atoms with Gasteiger partial charge in [0.1, 0.15) is 5.82 Å². The Morgan fingerprint density at radius 2 is 2.09 bits per heavy atom. The molecule has 0 bridgehead atoms. The van der Waals surface area contributed by atoms with E-state index in [2.05, 4.69) is 31.9 Å². The van der Waals surface area contributed by atoms with Gasteiger partial charge in [-0.25, -0.2) is 4.39 Å². The van der Waals surface area contributed by atoms with E-state index in [0.717, 1.165) is 13.0 Å². The van der Waals surface area contributed by atoms with E-state index in [0.29, 0.717) is 11.5 Å². The predicted octanol–water partition coefficient (Wildman–Crippen LogP) is 4.06. The van der Waals surface area contributed by atoms with Gasteiger partial charge in [-0.3, -0.25) is 0 Å². The van der Waals surface area contributed by atoms with Gasteiger partial charge >= 0.3 is 0 Å². The molecule has 2 N–H and O–H groups in total. The quantitative estimate of drug-likeness (QED) is 0.788. The van der Waals surface area contributed by atoms with E-state index in [4.69, 9.17) is 0 Å². The number of allylic oxidation sites excluding steroid dienone is 1. The Labute approximate surface area is 135 Å². The molecule has 0 unspecified atom stereocenters. The van der Waals surface area contributed by atoms with Crippen molar-refractivity contribution in [1.82, 2.24) is 15.2 Å². The van der Waals surface area contributed by atoms with Crippen LogP contribution in [0.5, 0.6) is 0 Å². The highest BCUT2D eigenvalue weighted by atomic mass is 19.1. The molecular weight excluding hydrogens is 293 g/mol. The molecule has 23 heavy (non-hydrogen) atoms. The van der Waals surface area contributed by atoms with E-state index in [1.165, 1.54) is 37.3 Å². The fourth-order valence-corrected chi connectivity index (χ4v) is 2.61. The molecule has 120 valence electrons. The van der Waals surface area contributed by atoms with Crippen molar-refractivity contribution >= 4 is 17.5 Å². The normalized spacial score (nSPS) is 14.2. The average molecular weight is 313 g/mol.